The minimum Gasteiger partial charge on any atom is -0.394 e. The first kappa shape index (κ1) is 13.5. The number of aliphatic hydroxyl groups excluding tert-OH is 1. The van der Waals surface area contributed by atoms with Gasteiger partial charge in [0.05, 0.1) is 6.61 Å². The molecule has 0 aliphatic carbocycles. The molecule has 2 N–H and O–H groups in total. The molecule has 1 aromatic rings. The predicted molar refractivity (Wildman–Crippen MR) is 68.7 cm³/mol. The van der Waals surface area contributed by atoms with Crippen LogP contribution in [0, 0.1) is 0 Å². The summed E-state index contributed by atoms with van der Waals surface area (Å²) >= 11 is 1.80. The number of nitrogens with zero attached hydrogens (tertiary/aromatic N) is 1. The van der Waals surface area contributed by atoms with Gasteiger partial charge in [-0.25, -0.2) is 0 Å². The van der Waals surface area contributed by atoms with Crippen molar-refractivity contribution in [1.82, 2.24) is 10.3 Å². The van der Waals surface area contributed by atoms with Gasteiger partial charge in [0, 0.05) is 22.8 Å². The zero-order valence-corrected chi connectivity index (χ0v) is 10.8. The number of aliphatic hydroxyl groups is 1. The molecule has 0 spiro atoms. The van der Waals surface area contributed by atoms with Gasteiger partial charge in [-0.3, -0.25) is 4.98 Å². The third kappa shape index (κ3) is 4.51. The number of hydrogen-bond acceptors (Lipinski definition) is 4. The second-order valence-corrected chi connectivity index (χ2v) is 5.20. The van der Waals surface area contributed by atoms with Gasteiger partial charge in [0.25, 0.3) is 0 Å². The second kappa shape index (κ2) is 6.89. The molecule has 0 amide bonds. The van der Waals surface area contributed by atoms with Crippen molar-refractivity contribution in [2.24, 2.45) is 0 Å². The van der Waals surface area contributed by atoms with Gasteiger partial charge >= 0.3 is 0 Å². The van der Waals surface area contributed by atoms with Crippen molar-refractivity contribution in [2.45, 2.75) is 30.7 Å². The van der Waals surface area contributed by atoms with Crippen LogP contribution in [-0.2, 0) is 0 Å². The maximum Gasteiger partial charge on any atom is 0.0610 e. The molecule has 0 saturated carbocycles. The third-order valence-corrected chi connectivity index (χ3v) is 3.54. The van der Waals surface area contributed by atoms with E-state index in [0.29, 0.717) is 0 Å². The molecule has 1 unspecified atom stereocenters. The minimum absolute atomic E-state index is 0.158. The maximum atomic E-state index is 9.33. The topological polar surface area (TPSA) is 45.1 Å². The third-order valence-electron chi connectivity index (χ3n) is 2.52. The quantitative estimate of drug-likeness (QED) is 0.715. The standard InChI is InChI=1S/C12H20N2OS/c1-3-14-12(2,10-15)6-9-16-11-4-7-13-8-5-11/h4-5,7-8,14-15H,3,6,9-10H2,1-2H3. The summed E-state index contributed by atoms with van der Waals surface area (Å²) in [6.45, 7) is 5.18. The molecule has 1 heterocycles. The molecule has 0 aromatic carbocycles. The van der Waals surface area contributed by atoms with Gasteiger partial charge in [0.1, 0.15) is 0 Å². The highest BCUT2D eigenvalue weighted by Crippen LogP contribution is 2.20. The van der Waals surface area contributed by atoms with Gasteiger partial charge in [0.15, 0.2) is 0 Å². The van der Waals surface area contributed by atoms with Gasteiger partial charge < -0.3 is 10.4 Å². The smallest absolute Gasteiger partial charge is 0.0610 e. The Morgan fingerprint density at radius 1 is 1.44 bits per heavy atom. The fraction of sp³-hybridized carbons (Fsp3) is 0.583. The Kier molecular flexibility index (Phi) is 5.80. The van der Waals surface area contributed by atoms with E-state index < -0.39 is 0 Å². The van der Waals surface area contributed by atoms with E-state index in [2.05, 4.69) is 24.1 Å². The van der Waals surface area contributed by atoms with Crippen molar-refractivity contribution >= 4 is 11.8 Å². The second-order valence-electron chi connectivity index (χ2n) is 4.03. The van der Waals surface area contributed by atoms with Crippen LogP contribution in [0.4, 0.5) is 0 Å². The largest absolute Gasteiger partial charge is 0.394 e. The first-order valence-electron chi connectivity index (χ1n) is 5.59. The molecule has 0 fully saturated rings. The predicted octanol–water partition coefficient (Wildman–Crippen LogP) is 1.92. The SMILES string of the molecule is CCNC(C)(CO)CCSc1ccncc1. The van der Waals surface area contributed by atoms with E-state index in [1.54, 1.807) is 24.2 Å². The van der Waals surface area contributed by atoms with Crippen LogP contribution in [0.3, 0.4) is 0 Å². The first-order chi connectivity index (χ1) is 7.70. The lowest BCUT2D eigenvalue weighted by Gasteiger charge is -2.28. The normalized spacial score (nSPS) is 14.7. The van der Waals surface area contributed by atoms with E-state index in [9.17, 15) is 5.11 Å². The molecule has 0 saturated heterocycles. The van der Waals surface area contributed by atoms with Crippen molar-refractivity contribution in [2.75, 3.05) is 18.9 Å². The number of pyridine rings is 1. The maximum absolute atomic E-state index is 9.33. The first-order valence-corrected chi connectivity index (χ1v) is 6.57. The molecule has 0 radical (unpaired) electrons. The fourth-order valence-corrected chi connectivity index (χ4v) is 2.58. The molecule has 3 nitrogen and oxygen atoms in total. The van der Waals surface area contributed by atoms with E-state index in [1.165, 1.54) is 4.90 Å². The Bertz CT molecular complexity index is 294. The van der Waals surface area contributed by atoms with Crippen LogP contribution in [0.15, 0.2) is 29.4 Å². The van der Waals surface area contributed by atoms with Crippen LogP contribution in [-0.4, -0.2) is 34.5 Å². The molecule has 0 aliphatic rings. The fourth-order valence-electron chi connectivity index (χ4n) is 1.48. The lowest BCUT2D eigenvalue weighted by atomic mass is 10.0. The zero-order chi connectivity index (χ0) is 11.9. The highest BCUT2D eigenvalue weighted by Gasteiger charge is 2.20. The Morgan fingerprint density at radius 2 is 2.12 bits per heavy atom. The van der Waals surface area contributed by atoms with Crippen molar-refractivity contribution in [3.63, 3.8) is 0 Å². The zero-order valence-electron chi connectivity index (χ0n) is 9.94. The van der Waals surface area contributed by atoms with E-state index in [0.717, 1.165) is 18.7 Å². The highest BCUT2D eigenvalue weighted by atomic mass is 32.2. The molecular formula is C12H20N2OS. The van der Waals surface area contributed by atoms with Crippen LogP contribution in [0.2, 0.25) is 0 Å². The summed E-state index contributed by atoms with van der Waals surface area (Å²) in [6.07, 6.45) is 4.56. The molecule has 0 aliphatic heterocycles. The molecule has 1 aromatic heterocycles. The Balaban J connectivity index is 2.34. The number of nitrogens with one attached hydrogen (secondary N) is 1. The van der Waals surface area contributed by atoms with Crippen LogP contribution in [0.5, 0.6) is 0 Å². The van der Waals surface area contributed by atoms with Crippen LogP contribution < -0.4 is 5.32 Å². The Hall–Kier alpha value is -0.580. The van der Waals surface area contributed by atoms with Crippen LogP contribution >= 0.6 is 11.8 Å². The summed E-state index contributed by atoms with van der Waals surface area (Å²) in [5.41, 5.74) is -0.158. The molecular weight excluding hydrogens is 220 g/mol. The average Bonchev–Trinajstić information content (AvgIpc) is 2.31. The van der Waals surface area contributed by atoms with Crippen molar-refractivity contribution in [1.29, 1.82) is 0 Å². The van der Waals surface area contributed by atoms with E-state index in [1.807, 2.05) is 12.1 Å². The number of aromatic nitrogens is 1. The van der Waals surface area contributed by atoms with Gasteiger partial charge in [-0.05, 0) is 37.8 Å². The van der Waals surface area contributed by atoms with Gasteiger partial charge in [-0.15, -0.1) is 11.8 Å². The molecule has 1 rings (SSSR count). The number of thioether (sulfide) groups is 1. The monoisotopic (exact) mass is 240 g/mol. The summed E-state index contributed by atoms with van der Waals surface area (Å²) < 4.78 is 0. The molecule has 16 heavy (non-hydrogen) atoms. The van der Waals surface area contributed by atoms with Gasteiger partial charge in [-0.2, -0.15) is 0 Å². The van der Waals surface area contributed by atoms with E-state index >= 15 is 0 Å². The highest BCUT2D eigenvalue weighted by molar-refractivity contribution is 7.99. The molecule has 1 atom stereocenters. The lowest BCUT2D eigenvalue weighted by molar-refractivity contribution is 0.173. The van der Waals surface area contributed by atoms with E-state index in [4.69, 9.17) is 0 Å². The minimum atomic E-state index is -0.158. The summed E-state index contributed by atoms with van der Waals surface area (Å²) in [4.78, 5) is 5.21. The van der Waals surface area contributed by atoms with Crippen LogP contribution in [0.25, 0.3) is 0 Å². The van der Waals surface area contributed by atoms with E-state index in [-0.39, 0.29) is 12.1 Å². The van der Waals surface area contributed by atoms with Gasteiger partial charge in [-0.1, -0.05) is 6.92 Å². The Morgan fingerprint density at radius 3 is 2.69 bits per heavy atom. The number of rotatable bonds is 7. The number of hydrogen-bond donors (Lipinski definition) is 2. The molecule has 4 heteroatoms. The van der Waals surface area contributed by atoms with Crippen molar-refractivity contribution in [3.05, 3.63) is 24.5 Å². The average molecular weight is 240 g/mol. The summed E-state index contributed by atoms with van der Waals surface area (Å²) in [7, 11) is 0. The van der Waals surface area contributed by atoms with Gasteiger partial charge in [0.2, 0.25) is 0 Å². The summed E-state index contributed by atoms with van der Waals surface area (Å²) in [6, 6.07) is 4.02. The van der Waals surface area contributed by atoms with Crippen molar-refractivity contribution < 1.29 is 5.11 Å². The number of likely N-dealkylation sites (N-methyl/N-ethyl adjacent to an activating group) is 1. The Labute approximate surface area is 102 Å². The summed E-state index contributed by atoms with van der Waals surface area (Å²) in [5.74, 6) is 0.994. The molecule has 0 bridgehead atoms. The molecule has 90 valence electrons. The van der Waals surface area contributed by atoms with Crippen LogP contribution in [0.1, 0.15) is 20.3 Å². The summed E-state index contributed by atoms with van der Waals surface area (Å²) in [5, 5.41) is 12.7. The lowest BCUT2D eigenvalue weighted by Crippen LogP contribution is -2.46. The van der Waals surface area contributed by atoms with Crippen molar-refractivity contribution in [3.8, 4) is 0 Å².